The molecule has 2 N–H and O–H groups in total. The first kappa shape index (κ1) is 9.93. The van der Waals surface area contributed by atoms with Crippen LogP contribution in [0.5, 0.6) is 0 Å². The third-order valence-electron chi connectivity index (χ3n) is 2.53. The molecule has 0 bridgehead atoms. The van der Waals surface area contributed by atoms with Crippen LogP contribution in [0.25, 0.3) is 11.3 Å². The van der Waals surface area contributed by atoms with Gasteiger partial charge in [0.1, 0.15) is 0 Å². The van der Waals surface area contributed by atoms with Crippen LogP contribution in [-0.2, 0) is 13.6 Å². The van der Waals surface area contributed by atoms with Gasteiger partial charge in [0.25, 0.3) is 0 Å². The van der Waals surface area contributed by atoms with Crippen molar-refractivity contribution in [2.24, 2.45) is 12.8 Å². The minimum Gasteiger partial charge on any atom is -0.326 e. The molecule has 2 aromatic rings. The fourth-order valence-corrected chi connectivity index (χ4v) is 1.80. The van der Waals surface area contributed by atoms with Gasteiger partial charge in [-0.15, -0.1) is 0 Å². The van der Waals surface area contributed by atoms with E-state index < -0.39 is 0 Å². The maximum absolute atomic E-state index is 5.69. The third-order valence-corrected chi connectivity index (χ3v) is 2.53. The zero-order chi connectivity index (χ0) is 10.8. The van der Waals surface area contributed by atoms with Gasteiger partial charge in [-0.2, -0.15) is 5.10 Å². The second kappa shape index (κ2) is 3.87. The lowest BCUT2D eigenvalue weighted by molar-refractivity contribution is 0.775. The van der Waals surface area contributed by atoms with E-state index in [1.807, 2.05) is 17.9 Å². The molecule has 2 rings (SSSR count). The molecule has 3 nitrogen and oxygen atoms in total. The van der Waals surface area contributed by atoms with Gasteiger partial charge >= 0.3 is 0 Å². The van der Waals surface area contributed by atoms with E-state index in [0.717, 1.165) is 11.3 Å². The Bertz CT molecular complexity index is 471. The molecular weight excluding hydrogens is 186 g/mol. The van der Waals surface area contributed by atoms with Gasteiger partial charge in [-0.3, -0.25) is 4.68 Å². The van der Waals surface area contributed by atoms with Crippen LogP contribution < -0.4 is 5.73 Å². The van der Waals surface area contributed by atoms with Gasteiger partial charge < -0.3 is 5.73 Å². The van der Waals surface area contributed by atoms with E-state index in [1.54, 1.807) is 0 Å². The Balaban J connectivity index is 2.57. The highest BCUT2D eigenvalue weighted by Gasteiger charge is 2.08. The number of nitrogens with zero attached hydrogens (tertiary/aromatic N) is 2. The van der Waals surface area contributed by atoms with Crippen molar-refractivity contribution in [1.29, 1.82) is 0 Å². The average Bonchev–Trinajstić information content (AvgIpc) is 2.59. The fourth-order valence-electron chi connectivity index (χ4n) is 1.80. The molecule has 78 valence electrons. The van der Waals surface area contributed by atoms with Crippen LogP contribution in [0, 0.1) is 6.92 Å². The normalized spacial score (nSPS) is 10.6. The van der Waals surface area contributed by atoms with Crippen LogP contribution in [0.4, 0.5) is 0 Å². The Labute approximate surface area is 89.5 Å². The monoisotopic (exact) mass is 201 g/mol. The summed E-state index contributed by atoms with van der Waals surface area (Å²) in [4.78, 5) is 0. The Hall–Kier alpha value is -1.61. The van der Waals surface area contributed by atoms with E-state index in [4.69, 9.17) is 5.73 Å². The Morgan fingerprint density at radius 2 is 2.20 bits per heavy atom. The molecule has 0 atom stereocenters. The highest BCUT2D eigenvalue weighted by Crippen LogP contribution is 2.23. The zero-order valence-electron chi connectivity index (χ0n) is 9.07. The molecule has 0 saturated heterocycles. The lowest BCUT2D eigenvalue weighted by Gasteiger charge is -2.05. The summed E-state index contributed by atoms with van der Waals surface area (Å²) >= 11 is 0. The Morgan fingerprint density at radius 1 is 1.40 bits per heavy atom. The van der Waals surface area contributed by atoms with Crippen LogP contribution in [0.3, 0.4) is 0 Å². The van der Waals surface area contributed by atoms with Gasteiger partial charge in [-0.1, -0.05) is 23.8 Å². The lowest BCUT2D eigenvalue weighted by atomic mass is 10.1. The van der Waals surface area contributed by atoms with Gasteiger partial charge in [-0.25, -0.2) is 0 Å². The summed E-state index contributed by atoms with van der Waals surface area (Å²) in [6.07, 6.45) is 1.83. The second-order valence-electron chi connectivity index (χ2n) is 3.72. The largest absolute Gasteiger partial charge is 0.326 e. The highest BCUT2D eigenvalue weighted by molar-refractivity contribution is 5.64. The van der Waals surface area contributed by atoms with Crippen molar-refractivity contribution in [2.75, 3.05) is 0 Å². The summed E-state index contributed by atoms with van der Waals surface area (Å²) < 4.78 is 1.87. The van der Waals surface area contributed by atoms with E-state index in [1.165, 1.54) is 11.1 Å². The van der Waals surface area contributed by atoms with Crippen LogP contribution >= 0.6 is 0 Å². The molecule has 0 aliphatic heterocycles. The van der Waals surface area contributed by atoms with Gasteiger partial charge in [0, 0.05) is 24.7 Å². The number of aryl methyl sites for hydroxylation is 2. The first-order valence-electron chi connectivity index (χ1n) is 5.00. The number of hydrogen-bond donors (Lipinski definition) is 1. The fraction of sp³-hybridized carbons (Fsp3) is 0.250. The van der Waals surface area contributed by atoms with Crippen molar-refractivity contribution >= 4 is 0 Å². The summed E-state index contributed by atoms with van der Waals surface area (Å²) in [6.45, 7) is 2.61. The number of rotatable bonds is 2. The molecule has 1 aromatic carbocycles. The van der Waals surface area contributed by atoms with Crippen molar-refractivity contribution < 1.29 is 0 Å². The molecule has 0 aliphatic rings. The van der Waals surface area contributed by atoms with Gasteiger partial charge in [0.15, 0.2) is 0 Å². The summed E-state index contributed by atoms with van der Waals surface area (Å²) in [5.41, 5.74) is 10.3. The zero-order valence-corrected chi connectivity index (χ0v) is 9.07. The van der Waals surface area contributed by atoms with Gasteiger partial charge in [0.05, 0.1) is 11.9 Å². The van der Waals surface area contributed by atoms with Crippen molar-refractivity contribution in [3.05, 3.63) is 41.6 Å². The van der Waals surface area contributed by atoms with E-state index in [0.29, 0.717) is 6.54 Å². The minimum atomic E-state index is 0.525. The molecule has 0 spiro atoms. The van der Waals surface area contributed by atoms with Crippen LogP contribution in [0.1, 0.15) is 11.1 Å². The van der Waals surface area contributed by atoms with Gasteiger partial charge in [-0.05, 0) is 13.0 Å². The quantitative estimate of drug-likeness (QED) is 0.806. The molecule has 0 saturated carbocycles. The number of aromatic nitrogens is 2. The van der Waals surface area contributed by atoms with Crippen molar-refractivity contribution in [3.8, 4) is 11.3 Å². The highest BCUT2D eigenvalue weighted by atomic mass is 15.3. The molecule has 15 heavy (non-hydrogen) atoms. The Kier molecular flexibility index (Phi) is 2.56. The lowest BCUT2D eigenvalue weighted by Crippen LogP contribution is -2.00. The maximum atomic E-state index is 5.69. The second-order valence-corrected chi connectivity index (χ2v) is 3.72. The average molecular weight is 201 g/mol. The summed E-state index contributed by atoms with van der Waals surface area (Å²) in [6, 6.07) is 8.37. The molecule has 0 aliphatic carbocycles. The predicted octanol–water partition coefficient (Wildman–Crippen LogP) is 1.85. The first-order chi connectivity index (χ1) is 7.22. The number of benzene rings is 1. The Morgan fingerprint density at radius 3 is 2.87 bits per heavy atom. The van der Waals surface area contributed by atoms with E-state index in [-0.39, 0.29) is 0 Å². The minimum absolute atomic E-state index is 0.525. The van der Waals surface area contributed by atoms with E-state index >= 15 is 0 Å². The molecule has 1 heterocycles. The molecule has 0 fully saturated rings. The summed E-state index contributed by atoms with van der Waals surface area (Å²) in [5, 5.41) is 4.23. The predicted molar refractivity (Wildman–Crippen MR) is 61.3 cm³/mol. The SMILES string of the molecule is Cc1cccc(-c2c(CN)cnn2C)c1. The summed E-state index contributed by atoms with van der Waals surface area (Å²) in [7, 11) is 1.94. The van der Waals surface area contributed by atoms with Gasteiger partial charge in [0.2, 0.25) is 0 Å². The first-order valence-corrected chi connectivity index (χ1v) is 5.00. The molecule has 0 unspecified atom stereocenters. The van der Waals surface area contributed by atoms with Crippen molar-refractivity contribution in [2.45, 2.75) is 13.5 Å². The number of hydrogen-bond acceptors (Lipinski definition) is 2. The summed E-state index contributed by atoms with van der Waals surface area (Å²) in [5.74, 6) is 0. The van der Waals surface area contributed by atoms with E-state index in [2.05, 4.69) is 36.3 Å². The topological polar surface area (TPSA) is 43.8 Å². The van der Waals surface area contributed by atoms with Crippen molar-refractivity contribution in [1.82, 2.24) is 9.78 Å². The van der Waals surface area contributed by atoms with E-state index in [9.17, 15) is 0 Å². The smallest absolute Gasteiger partial charge is 0.0723 e. The molecule has 1 aromatic heterocycles. The third kappa shape index (κ3) is 1.78. The van der Waals surface area contributed by atoms with Crippen LogP contribution in [0.15, 0.2) is 30.5 Å². The molecule has 0 amide bonds. The van der Waals surface area contributed by atoms with Crippen molar-refractivity contribution in [3.63, 3.8) is 0 Å². The van der Waals surface area contributed by atoms with Crippen LogP contribution in [0.2, 0.25) is 0 Å². The molecular formula is C12H15N3. The van der Waals surface area contributed by atoms with Crippen LogP contribution in [-0.4, -0.2) is 9.78 Å². The number of nitrogens with two attached hydrogens (primary N) is 1. The standard InChI is InChI=1S/C12H15N3/c1-9-4-3-5-10(6-9)12-11(7-13)8-14-15(12)2/h3-6,8H,7,13H2,1-2H3. The molecule has 3 heteroatoms. The maximum Gasteiger partial charge on any atom is 0.0723 e. The molecule has 0 radical (unpaired) electrons.